The lowest BCUT2D eigenvalue weighted by Gasteiger charge is -2.23. The Labute approximate surface area is 186 Å². The van der Waals surface area contributed by atoms with Gasteiger partial charge in [0.15, 0.2) is 14.7 Å². The van der Waals surface area contributed by atoms with Gasteiger partial charge in [-0.25, -0.2) is 0 Å². The molecule has 0 atom stereocenters. The molecule has 3 aromatic rings. The van der Waals surface area contributed by atoms with E-state index in [1.165, 1.54) is 12.1 Å². The van der Waals surface area contributed by atoms with Gasteiger partial charge in [-0.05, 0) is 48.5 Å². The summed E-state index contributed by atoms with van der Waals surface area (Å²) < 4.78 is 88.3. The molecule has 0 aliphatic carbocycles. The first-order valence-electron chi connectivity index (χ1n) is 9.33. The van der Waals surface area contributed by atoms with Crippen LogP contribution in [0.5, 0.6) is 5.75 Å². The van der Waals surface area contributed by atoms with Crippen molar-refractivity contribution in [2.24, 2.45) is 0 Å². The molecule has 0 aromatic heterocycles. The van der Waals surface area contributed by atoms with E-state index in [1.807, 2.05) is 60.7 Å². The van der Waals surface area contributed by atoms with Crippen LogP contribution < -0.4 is 4.74 Å². The molecule has 170 valence electrons. The van der Waals surface area contributed by atoms with Crippen molar-refractivity contribution in [1.29, 1.82) is 0 Å². The number of hydrogen-bond donors (Lipinski definition) is 1. The normalized spacial score (nSPS) is 12.7. The van der Waals surface area contributed by atoms with Gasteiger partial charge < -0.3 is 4.74 Å². The maximum Gasteiger partial charge on any atom is 0.431 e. The third-order valence-corrected chi connectivity index (χ3v) is 7.63. The molecule has 0 fully saturated rings. The quantitative estimate of drug-likeness (QED) is 0.240. The summed E-state index contributed by atoms with van der Waals surface area (Å²) >= 11 is 0. The Morgan fingerprint density at radius 3 is 1.62 bits per heavy atom. The summed E-state index contributed by atoms with van der Waals surface area (Å²) in [7, 11) is -6.69. The molecule has 3 aromatic carbocycles. The molecule has 0 saturated heterocycles. The van der Waals surface area contributed by atoms with Crippen LogP contribution in [0.1, 0.15) is 6.42 Å². The van der Waals surface area contributed by atoms with Gasteiger partial charge in [0, 0.05) is 0 Å². The molecule has 0 saturated carbocycles. The number of benzene rings is 3. The van der Waals surface area contributed by atoms with E-state index in [1.54, 1.807) is 12.1 Å². The topological polar surface area (TPSA) is 63.6 Å². The highest BCUT2D eigenvalue weighted by molar-refractivity contribution is 7.97. The minimum atomic E-state index is -6.26. The van der Waals surface area contributed by atoms with Crippen molar-refractivity contribution in [1.82, 2.24) is 0 Å². The van der Waals surface area contributed by atoms with Crippen molar-refractivity contribution in [3.05, 3.63) is 84.9 Å². The number of rotatable bonds is 9. The smallest absolute Gasteiger partial charge is 0.431 e. The molecule has 0 unspecified atom stereocenters. The van der Waals surface area contributed by atoms with Gasteiger partial charge in [-0.15, -0.1) is 0 Å². The van der Waals surface area contributed by atoms with Crippen molar-refractivity contribution in [3.8, 4) is 5.75 Å². The van der Waals surface area contributed by atoms with Crippen LogP contribution in [0.4, 0.5) is 17.6 Å². The predicted octanol–water partition coefficient (Wildman–Crippen LogP) is 5.67. The van der Waals surface area contributed by atoms with E-state index >= 15 is 0 Å². The van der Waals surface area contributed by atoms with Crippen molar-refractivity contribution >= 4 is 21.0 Å². The second kappa shape index (κ2) is 9.51. The van der Waals surface area contributed by atoms with Gasteiger partial charge in [0.2, 0.25) is 0 Å². The van der Waals surface area contributed by atoms with Gasteiger partial charge in [-0.3, -0.25) is 4.55 Å². The number of hydrogen-bond acceptors (Lipinski definition) is 3. The van der Waals surface area contributed by atoms with Crippen LogP contribution in [0.2, 0.25) is 0 Å². The van der Waals surface area contributed by atoms with E-state index in [0.717, 1.165) is 14.7 Å². The van der Waals surface area contributed by atoms with Crippen LogP contribution >= 0.6 is 0 Å². The third-order valence-electron chi connectivity index (χ3n) is 4.45. The highest BCUT2D eigenvalue weighted by Gasteiger charge is 2.65. The zero-order chi connectivity index (χ0) is 23.4. The lowest BCUT2D eigenvalue weighted by atomic mass is 10.2. The third kappa shape index (κ3) is 5.25. The molecule has 0 aliphatic heterocycles. The summed E-state index contributed by atoms with van der Waals surface area (Å²) in [4.78, 5) is 3.07. The van der Waals surface area contributed by atoms with Crippen LogP contribution in [-0.2, 0) is 21.0 Å². The minimum Gasteiger partial charge on any atom is -0.493 e. The highest BCUT2D eigenvalue weighted by Crippen LogP contribution is 2.40. The summed E-state index contributed by atoms with van der Waals surface area (Å²) in [5.41, 5.74) is 0. The van der Waals surface area contributed by atoms with Crippen LogP contribution in [0.3, 0.4) is 0 Å². The zero-order valence-corrected chi connectivity index (χ0v) is 18.1. The lowest BCUT2D eigenvalue weighted by molar-refractivity contribution is -0.167. The Kier molecular flexibility index (Phi) is 7.16. The molecular formula is C22H19F4O4S2+. The van der Waals surface area contributed by atoms with Crippen LogP contribution in [0.25, 0.3) is 0 Å². The summed E-state index contributed by atoms with van der Waals surface area (Å²) in [5.74, 6) is -4.84. The molecule has 3 rings (SSSR count). The Bertz CT molecular complexity index is 1080. The van der Waals surface area contributed by atoms with E-state index in [9.17, 15) is 26.0 Å². The fraction of sp³-hybridized carbons (Fsp3) is 0.182. The molecule has 32 heavy (non-hydrogen) atoms. The van der Waals surface area contributed by atoms with Gasteiger partial charge in [0.05, 0.1) is 23.9 Å². The Morgan fingerprint density at radius 2 is 1.19 bits per heavy atom. The fourth-order valence-corrected chi connectivity index (χ4v) is 5.39. The van der Waals surface area contributed by atoms with E-state index in [-0.39, 0.29) is 5.75 Å². The van der Waals surface area contributed by atoms with Crippen molar-refractivity contribution in [2.45, 2.75) is 32.3 Å². The Hall–Kier alpha value is -2.56. The second-order valence-corrected chi connectivity index (χ2v) is 10.2. The Morgan fingerprint density at radius 1 is 0.750 bits per heavy atom. The average Bonchev–Trinajstić information content (AvgIpc) is 2.75. The maximum absolute atomic E-state index is 13.6. The predicted molar refractivity (Wildman–Crippen MR) is 113 cm³/mol. The van der Waals surface area contributed by atoms with Gasteiger partial charge in [0.25, 0.3) is 0 Å². The van der Waals surface area contributed by atoms with Gasteiger partial charge in [-0.1, -0.05) is 36.4 Å². The van der Waals surface area contributed by atoms with Crippen molar-refractivity contribution < 1.29 is 35.3 Å². The summed E-state index contributed by atoms with van der Waals surface area (Å²) in [5, 5.41) is -5.60. The second-order valence-electron chi connectivity index (χ2n) is 6.70. The molecule has 0 amide bonds. The summed E-state index contributed by atoms with van der Waals surface area (Å²) in [6.07, 6.45) is -1.60. The monoisotopic (exact) mass is 487 g/mol. The first-order chi connectivity index (χ1) is 15.0. The van der Waals surface area contributed by atoms with Crippen LogP contribution in [0, 0.1) is 0 Å². The molecule has 0 radical (unpaired) electrons. The first-order valence-corrected chi connectivity index (χ1v) is 12.0. The summed E-state index contributed by atoms with van der Waals surface area (Å²) in [6.45, 7) is -0.874. The van der Waals surface area contributed by atoms with E-state index in [0.29, 0.717) is 0 Å². The number of halogens is 4. The maximum atomic E-state index is 13.6. The molecule has 10 heteroatoms. The first kappa shape index (κ1) is 24.1. The van der Waals surface area contributed by atoms with Crippen molar-refractivity contribution in [3.63, 3.8) is 0 Å². The largest absolute Gasteiger partial charge is 0.493 e. The van der Waals surface area contributed by atoms with E-state index in [4.69, 9.17) is 9.29 Å². The van der Waals surface area contributed by atoms with E-state index < -0.39 is 45.2 Å². The molecule has 4 nitrogen and oxygen atoms in total. The van der Waals surface area contributed by atoms with Gasteiger partial charge in [-0.2, -0.15) is 26.0 Å². The van der Waals surface area contributed by atoms with E-state index in [2.05, 4.69) is 0 Å². The molecular weight excluding hydrogens is 468 g/mol. The zero-order valence-electron chi connectivity index (χ0n) is 16.5. The fourth-order valence-electron chi connectivity index (χ4n) is 2.82. The average molecular weight is 488 g/mol. The van der Waals surface area contributed by atoms with Crippen LogP contribution in [-0.4, -0.2) is 30.8 Å². The highest BCUT2D eigenvalue weighted by atomic mass is 32.2. The molecule has 0 aliphatic rings. The molecule has 1 N–H and O–H groups in total. The van der Waals surface area contributed by atoms with Crippen molar-refractivity contribution in [2.75, 3.05) is 6.61 Å². The molecule has 0 spiro atoms. The van der Waals surface area contributed by atoms with Gasteiger partial charge >= 0.3 is 21.3 Å². The Balaban J connectivity index is 1.74. The summed E-state index contributed by atoms with van der Waals surface area (Å²) in [6, 6.07) is 26.1. The molecule has 0 bridgehead atoms. The number of alkyl halides is 4. The number of ether oxygens (including phenoxy) is 1. The molecule has 0 heterocycles. The standard InChI is InChI=1S/C22H18F4O4S2/c23-21(24,22(25,26)32(27,28)29)15-16-30-17-11-13-20(14-12-17)31(18-7-3-1-4-8-18)19-9-5-2-6-10-19/h1-14H,15-16H2/p+1. The van der Waals surface area contributed by atoms with Crippen LogP contribution in [0.15, 0.2) is 99.6 Å². The lowest BCUT2D eigenvalue weighted by Crippen LogP contribution is -2.47. The van der Waals surface area contributed by atoms with Gasteiger partial charge in [0.1, 0.15) is 5.75 Å². The SMILES string of the molecule is O=S(=O)(O)C(F)(F)C(F)(F)CCOc1ccc([S+](c2ccccc2)c2ccccc2)cc1. The minimum absolute atomic E-state index is 0.157.